The summed E-state index contributed by atoms with van der Waals surface area (Å²) in [5, 5.41) is 2.08. The van der Waals surface area contributed by atoms with Crippen LogP contribution in [-0.2, 0) is 0 Å². The van der Waals surface area contributed by atoms with Crippen molar-refractivity contribution in [1.82, 2.24) is 10.4 Å². The molecule has 2 heterocycles. The average molecular weight is 308 g/mol. The smallest absolute Gasteiger partial charge is 0.134 e. The Bertz CT molecular complexity index is 757. The fraction of sp³-hybridized carbons (Fsp3) is 0.0714. The number of nitrogens with zero attached hydrogens (tertiary/aromatic N) is 1. The molecule has 102 valence electrons. The Labute approximate surface area is 125 Å². The molecule has 0 saturated carbocycles. The predicted octanol–water partition coefficient (Wildman–Crippen LogP) is 3.69. The average Bonchev–Trinajstić information content (AvgIpc) is 2.84. The van der Waals surface area contributed by atoms with Crippen molar-refractivity contribution in [2.45, 2.75) is 6.04 Å². The van der Waals surface area contributed by atoms with Crippen molar-refractivity contribution < 1.29 is 4.42 Å². The molecule has 0 aliphatic carbocycles. The summed E-state index contributed by atoms with van der Waals surface area (Å²) in [7, 11) is 0. The first kappa shape index (κ1) is 13.4. The van der Waals surface area contributed by atoms with E-state index in [1.54, 1.807) is 24.4 Å². The molecule has 0 aliphatic rings. The summed E-state index contributed by atoms with van der Waals surface area (Å²) in [6.07, 6.45) is 1.66. The molecule has 6 heteroatoms. The predicted molar refractivity (Wildman–Crippen MR) is 79.6 cm³/mol. The number of aromatic nitrogens is 1. The van der Waals surface area contributed by atoms with Gasteiger partial charge in [-0.2, -0.15) is 0 Å². The Balaban J connectivity index is 2.10. The van der Waals surface area contributed by atoms with Gasteiger partial charge in [0.25, 0.3) is 0 Å². The highest BCUT2D eigenvalue weighted by atomic mass is 35.5. The van der Waals surface area contributed by atoms with Gasteiger partial charge in [-0.25, -0.2) is 5.43 Å². The summed E-state index contributed by atoms with van der Waals surface area (Å²) < 4.78 is 5.79. The third kappa shape index (κ3) is 2.39. The summed E-state index contributed by atoms with van der Waals surface area (Å²) in [5.41, 5.74) is 4.02. The topological polar surface area (TPSA) is 64.1 Å². The van der Waals surface area contributed by atoms with Gasteiger partial charge in [0.15, 0.2) is 0 Å². The molecule has 20 heavy (non-hydrogen) atoms. The van der Waals surface area contributed by atoms with E-state index < -0.39 is 6.04 Å². The van der Waals surface area contributed by atoms with Gasteiger partial charge >= 0.3 is 0 Å². The number of nitrogens with two attached hydrogens (primary N) is 1. The summed E-state index contributed by atoms with van der Waals surface area (Å²) in [4.78, 5) is 4.25. The summed E-state index contributed by atoms with van der Waals surface area (Å²) >= 11 is 12.1. The molecule has 4 nitrogen and oxygen atoms in total. The molecular weight excluding hydrogens is 297 g/mol. The van der Waals surface area contributed by atoms with E-state index in [1.807, 2.05) is 18.2 Å². The van der Waals surface area contributed by atoms with Gasteiger partial charge in [-0.1, -0.05) is 23.2 Å². The van der Waals surface area contributed by atoms with E-state index in [0.29, 0.717) is 21.5 Å². The first-order chi connectivity index (χ1) is 9.69. The summed E-state index contributed by atoms with van der Waals surface area (Å²) in [6.45, 7) is 0. The molecule has 3 N–H and O–H groups in total. The normalized spacial score (nSPS) is 12.8. The second-order valence-electron chi connectivity index (χ2n) is 4.30. The number of hydrogen-bond acceptors (Lipinski definition) is 4. The molecule has 0 saturated heterocycles. The molecule has 3 aromatic rings. The number of fused-ring (bicyclic) bond motifs is 1. The van der Waals surface area contributed by atoms with Gasteiger partial charge in [0.1, 0.15) is 17.4 Å². The fourth-order valence-electron chi connectivity index (χ4n) is 2.08. The molecule has 0 radical (unpaired) electrons. The van der Waals surface area contributed by atoms with Crippen molar-refractivity contribution >= 4 is 34.2 Å². The van der Waals surface area contributed by atoms with E-state index in [4.69, 9.17) is 33.5 Å². The van der Waals surface area contributed by atoms with Crippen molar-refractivity contribution in [2.75, 3.05) is 0 Å². The Morgan fingerprint density at radius 3 is 2.80 bits per heavy atom. The van der Waals surface area contributed by atoms with Crippen LogP contribution in [0, 0.1) is 0 Å². The summed E-state index contributed by atoms with van der Waals surface area (Å²) in [6, 6.07) is 10.4. The molecule has 0 spiro atoms. The van der Waals surface area contributed by atoms with Crippen LogP contribution in [0.3, 0.4) is 0 Å². The molecule has 0 aliphatic heterocycles. The lowest BCUT2D eigenvalue weighted by atomic mass is 10.1. The minimum absolute atomic E-state index is 0.421. The number of hydrazine groups is 1. The minimum atomic E-state index is -0.421. The van der Waals surface area contributed by atoms with E-state index in [-0.39, 0.29) is 0 Å². The Hall–Kier alpha value is -1.59. The fourth-order valence-corrected chi connectivity index (χ4v) is 2.49. The maximum atomic E-state index is 6.15. The molecule has 2 aromatic heterocycles. The lowest BCUT2D eigenvalue weighted by Gasteiger charge is -2.13. The highest BCUT2D eigenvalue weighted by Crippen LogP contribution is 2.31. The first-order valence-corrected chi connectivity index (χ1v) is 6.70. The van der Waals surface area contributed by atoms with E-state index >= 15 is 0 Å². The number of nitrogens with one attached hydrogen (secondary N) is 1. The van der Waals surface area contributed by atoms with Crippen LogP contribution in [0.1, 0.15) is 17.5 Å². The van der Waals surface area contributed by atoms with Crippen LogP contribution in [0.5, 0.6) is 0 Å². The zero-order chi connectivity index (χ0) is 14.1. The molecule has 0 amide bonds. The number of halogens is 2. The third-order valence-corrected chi connectivity index (χ3v) is 3.56. The largest absolute Gasteiger partial charge is 0.459 e. The van der Waals surface area contributed by atoms with Gasteiger partial charge < -0.3 is 4.42 Å². The highest BCUT2D eigenvalue weighted by molar-refractivity contribution is 6.31. The molecule has 1 atom stereocenters. The number of rotatable bonds is 3. The van der Waals surface area contributed by atoms with Crippen LogP contribution in [0.4, 0.5) is 0 Å². The van der Waals surface area contributed by atoms with Crippen molar-refractivity contribution in [3.63, 3.8) is 0 Å². The van der Waals surface area contributed by atoms with Gasteiger partial charge in [-0.15, -0.1) is 0 Å². The van der Waals surface area contributed by atoms with Crippen molar-refractivity contribution in [3.05, 3.63) is 64.1 Å². The van der Waals surface area contributed by atoms with Crippen LogP contribution in [0.2, 0.25) is 10.0 Å². The molecule has 0 bridgehead atoms. The van der Waals surface area contributed by atoms with Crippen LogP contribution < -0.4 is 11.3 Å². The lowest BCUT2D eigenvalue weighted by Crippen LogP contribution is -2.29. The molecule has 1 unspecified atom stereocenters. The SMILES string of the molecule is NNC(c1cc2cc(Cl)ccc2o1)c1ncccc1Cl. The summed E-state index contributed by atoms with van der Waals surface area (Å²) in [5.74, 6) is 6.25. The maximum Gasteiger partial charge on any atom is 0.134 e. The van der Waals surface area contributed by atoms with Gasteiger partial charge in [-0.3, -0.25) is 10.8 Å². The van der Waals surface area contributed by atoms with Crippen molar-refractivity contribution in [2.24, 2.45) is 5.84 Å². The highest BCUT2D eigenvalue weighted by Gasteiger charge is 2.21. The second-order valence-corrected chi connectivity index (χ2v) is 5.14. The molecule has 3 rings (SSSR count). The van der Waals surface area contributed by atoms with Gasteiger partial charge in [0.2, 0.25) is 0 Å². The lowest BCUT2D eigenvalue weighted by molar-refractivity contribution is 0.471. The van der Waals surface area contributed by atoms with Crippen molar-refractivity contribution in [3.8, 4) is 0 Å². The van der Waals surface area contributed by atoms with Gasteiger partial charge in [0, 0.05) is 16.6 Å². The quantitative estimate of drug-likeness (QED) is 0.572. The van der Waals surface area contributed by atoms with Crippen LogP contribution >= 0.6 is 23.2 Å². The van der Waals surface area contributed by atoms with E-state index in [0.717, 1.165) is 11.0 Å². The molecule has 1 aromatic carbocycles. The monoisotopic (exact) mass is 307 g/mol. The number of benzene rings is 1. The number of pyridine rings is 1. The Morgan fingerprint density at radius 2 is 2.05 bits per heavy atom. The zero-order valence-electron chi connectivity index (χ0n) is 10.3. The molecule has 0 fully saturated rings. The van der Waals surface area contributed by atoms with Crippen molar-refractivity contribution in [1.29, 1.82) is 0 Å². The standard InChI is InChI=1S/C14H11Cl2N3O/c15-9-3-4-11-8(6-9)7-12(20-11)14(19-17)13-10(16)2-1-5-18-13/h1-7,14,19H,17H2. The Kier molecular flexibility index (Phi) is 3.63. The zero-order valence-corrected chi connectivity index (χ0v) is 11.8. The van der Waals surface area contributed by atoms with Gasteiger partial charge in [0.05, 0.1) is 10.7 Å². The van der Waals surface area contributed by atoms with Crippen LogP contribution in [-0.4, -0.2) is 4.98 Å². The van der Waals surface area contributed by atoms with E-state index in [1.165, 1.54) is 0 Å². The third-order valence-electron chi connectivity index (χ3n) is 3.01. The van der Waals surface area contributed by atoms with E-state index in [9.17, 15) is 0 Å². The maximum absolute atomic E-state index is 6.15. The van der Waals surface area contributed by atoms with Gasteiger partial charge in [-0.05, 0) is 36.4 Å². The van der Waals surface area contributed by atoms with Crippen LogP contribution in [0.25, 0.3) is 11.0 Å². The number of hydrogen-bond donors (Lipinski definition) is 2. The van der Waals surface area contributed by atoms with Crippen LogP contribution in [0.15, 0.2) is 47.0 Å². The molecular formula is C14H11Cl2N3O. The Morgan fingerprint density at radius 1 is 1.20 bits per heavy atom. The van der Waals surface area contributed by atoms with E-state index in [2.05, 4.69) is 10.4 Å². The minimum Gasteiger partial charge on any atom is -0.459 e. The number of furan rings is 1. The second kappa shape index (κ2) is 5.42. The first-order valence-electron chi connectivity index (χ1n) is 5.94.